The van der Waals surface area contributed by atoms with Crippen molar-refractivity contribution in [3.63, 3.8) is 0 Å². The molecule has 4 N–H and O–H groups in total. The standard InChI is InChI=1S/C27H30BN3O5/c28-21-7-9-22(10-8-21)29-27(36)31(15-18-5-11-23(32)12-6-18)17-24(33)25(34)26(35)30-14-13-19-3-1-2-4-20(19)16-30/h1-12,24-25,32-34H,13-17,28H2,(H,29,36)/t24-,25+/m0/s1. The van der Waals surface area contributed by atoms with E-state index in [1.54, 1.807) is 24.3 Å². The summed E-state index contributed by atoms with van der Waals surface area (Å²) in [6, 6.07) is 21.0. The fourth-order valence-electron chi connectivity index (χ4n) is 4.24. The summed E-state index contributed by atoms with van der Waals surface area (Å²) in [7, 11) is 1.94. The summed E-state index contributed by atoms with van der Waals surface area (Å²) < 4.78 is 0. The van der Waals surface area contributed by atoms with Crippen molar-refractivity contribution in [2.75, 3.05) is 18.4 Å². The smallest absolute Gasteiger partial charge is 0.322 e. The molecule has 0 fully saturated rings. The first-order chi connectivity index (χ1) is 17.3. The molecule has 36 heavy (non-hydrogen) atoms. The number of phenols is 1. The van der Waals surface area contributed by atoms with Crippen LogP contribution in [0.4, 0.5) is 10.5 Å². The first-order valence-corrected chi connectivity index (χ1v) is 11.9. The number of benzene rings is 3. The third-order valence-corrected chi connectivity index (χ3v) is 6.37. The van der Waals surface area contributed by atoms with Crippen molar-refractivity contribution in [2.45, 2.75) is 31.7 Å². The van der Waals surface area contributed by atoms with Gasteiger partial charge in [0, 0.05) is 25.3 Å². The van der Waals surface area contributed by atoms with Crippen LogP contribution in [0.2, 0.25) is 0 Å². The van der Waals surface area contributed by atoms with Gasteiger partial charge in [-0.3, -0.25) is 4.79 Å². The largest absolute Gasteiger partial charge is 0.508 e. The summed E-state index contributed by atoms with van der Waals surface area (Å²) in [6.45, 7) is 0.650. The number of aliphatic hydroxyl groups is 2. The number of carbonyl (C=O) groups excluding carboxylic acids is 2. The molecule has 0 saturated carbocycles. The quantitative estimate of drug-likeness (QED) is 0.372. The van der Waals surface area contributed by atoms with Crippen LogP contribution < -0.4 is 10.8 Å². The molecular formula is C27H30BN3O5. The minimum absolute atomic E-state index is 0.0959. The lowest BCUT2D eigenvalue weighted by molar-refractivity contribution is -0.147. The molecule has 0 unspecified atom stereocenters. The molecule has 1 aliphatic heterocycles. The maximum atomic E-state index is 13.1. The first kappa shape index (κ1) is 25.3. The SMILES string of the molecule is Bc1ccc(NC(=O)N(Cc2ccc(O)cc2)C[C@H](O)[C@@H](O)C(=O)N2CCc3ccccc3C2)cc1. The minimum Gasteiger partial charge on any atom is -0.508 e. The summed E-state index contributed by atoms with van der Waals surface area (Å²) in [6.07, 6.45) is -2.49. The van der Waals surface area contributed by atoms with Crippen LogP contribution in [0, 0.1) is 0 Å². The molecule has 8 nitrogen and oxygen atoms in total. The normalized spacial score (nSPS) is 14.4. The van der Waals surface area contributed by atoms with Gasteiger partial charge >= 0.3 is 6.03 Å². The Hall–Kier alpha value is -3.82. The first-order valence-electron chi connectivity index (χ1n) is 11.9. The van der Waals surface area contributed by atoms with Crippen molar-refractivity contribution >= 4 is 30.9 Å². The van der Waals surface area contributed by atoms with Gasteiger partial charge in [0.1, 0.15) is 19.7 Å². The van der Waals surface area contributed by atoms with Crippen LogP contribution >= 0.6 is 0 Å². The molecule has 1 aliphatic rings. The molecule has 3 aromatic carbocycles. The number of aliphatic hydroxyl groups excluding tert-OH is 2. The van der Waals surface area contributed by atoms with Gasteiger partial charge < -0.3 is 30.4 Å². The molecule has 2 atom stereocenters. The number of nitrogens with zero attached hydrogens (tertiary/aromatic N) is 2. The van der Waals surface area contributed by atoms with E-state index >= 15 is 0 Å². The Kier molecular flexibility index (Phi) is 7.92. The zero-order valence-corrected chi connectivity index (χ0v) is 20.2. The van der Waals surface area contributed by atoms with Gasteiger partial charge in [0.05, 0.1) is 6.54 Å². The van der Waals surface area contributed by atoms with Crippen molar-refractivity contribution < 1.29 is 24.9 Å². The van der Waals surface area contributed by atoms with E-state index in [1.165, 1.54) is 27.5 Å². The van der Waals surface area contributed by atoms with E-state index < -0.39 is 24.1 Å². The number of urea groups is 1. The van der Waals surface area contributed by atoms with Crippen LogP contribution in [0.25, 0.3) is 0 Å². The van der Waals surface area contributed by atoms with Crippen molar-refractivity contribution in [2.24, 2.45) is 0 Å². The Balaban J connectivity index is 1.45. The van der Waals surface area contributed by atoms with Gasteiger partial charge in [0.2, 0.25) is 0 Å². The lowest BCUT2D eigenvalue weighted by Crippen LogP contribution is -2.51. The Morgan fingerprint density at radius 3 is 2.33 bits per heavy atom. The van der Waals surface area contributed by atoms with Crippen LogP contribution in [0.3, 0.4) is 0 Å². The molecule has 3 aromatic rings. The second kappa shape index (κ2) is 11.3. The van der Waals surface area contributed by atoms with E-state index in [0.717, 1.165) is 11.0 Å². The van der Waals surface area contributed by atoms with Crippen LogP contribution in [-0.2, 0) is 24.3 Å². The molecule has 0 aromatic heterocycles. The average Bonchev–Trinajstić information content (AvgIpc) is 2.89. The summed E-state index contributed by atoms with van der Waals surface area (Å²) in [5.74, 6) is -0.473. The van der Waals surface area contributed by atoms with Crippen molar-refractivity contribution in [1.82, 2.24) is 9.80 Å². The predicted octanol–water partition coefficient (Wildman–Crippen LogP) is 0.991. The Labute approximate surface area is 211 Å². The van der Waals surface area contributed by atoms with E-state index in [-0.39, 0.29) is 18.8 Å². The lowest BCUT2D eigenvalue weighted by atomic mass is 9.96. The molecule has 0 radical (unpaired) electrons. The molecule has 186 valence electrons. The molecule has 0 aliphatic carbocycles. The number of rotatable bonds is 7. The minimum atomic E-state index is -1.68. The number of amides is 3. The summed E-state index contributed by atoms with van der Waals surface area (Å²) in [5.41, 5.74) is 4.54. The highest BCUT2D eigenvalue weighted by molar-refractivity contribution is 6.32. The molecule has 0 bridgehead atoms. The average molecular weight is 487 g/mol. The number of phenolic OH excluding ortho intramolecular Hbond substituents is 1. The van der Waals surface area contributed by atoms with Crippen LogP contribution in [-0.4, -0.2) is 70.2 Å². The molecule has 0 spiro atoms. The fraction of sp³-hybridized carbons (Fsp3) is 0.259. The maximum absolute atomic E-state index is 13.1. The summed E-state index contributed by atoms with van der Waals surface area (Å²) in [4.78, 5) is 29.0. The highest BCUT2D eigenvalue weighted by atomic mass is 16.3. The molecule has 0 saturated heterocycles. The monoisotopic (exact) mass is 487 g/mol. The summed E-state index contributed by atoms with van der Waals surface area (Å²) >= 11 is 0. The number of carbonyl (C=O) groups is 2. The third kappa shape index (κ3) is 6.24. The van der Waals surface area contributed by atoms with Crippen LogP contribution in [0.1, 0.15) is 16.7 Å². The predicted molar refractivity (Wildman–Crippen MR) is 140 cm³/mol. The van der Waals surface area contributed by atoms with Crippen LogP contribution in [0.15, 0.2) is 72.8 Å². The van der Waals surface area contributed by atoms with Gasteiger partial charge in [0.25, 0.3) is 5.91 Å². The fourth-order valence-corrected chi connectivity index (χ4v) is 4.24. The van der Waals surface area contributed by atoms with Crippen molar-refractivity contribution in [1.29, 1.82) is 0 Å². The molecule has 1 heterocycles. The Morgan fingerprint density at radius 1 is 0.972 bits per heavy atom. The Bertz CT molecular complexity index is 1200. The maximum Gasteiger partial charge on any atom is 0.322 e. The van der Waals surface area contributed by atoms with Gasteiger partial charge in [-0.1, -0.05) is 54.0 Å². The van der Waals surface area contributed by atoms with Crippen molar-refractivity contribution in [3.8, 4) is 5.75 Å². The molecular weight excluding hydrogens is 457 g/mol. The van der Waals surface area contributed by atoms with E-state index in [4.69, 9.17) is 0 Å². The zero-order chi connectivity index (χ0) is 25.7. The highest BCUT2D eigenvalue weighted by Gasteiger charge is 2.32. The Morgan fingerprint density at radius 2 is 1.64 bits per heavy atom. The number of nitrogens with one attached hydrogen (secondary N) is 1. The number of hydrogen-bond donors (Lipinski definition) is 4. The van der Waals surface area contributed by atoms with Gasteiger partial charge in [-0.15, -0.1) is 0 Å². The van der Waals surface area contributed by atoms with Crippen LogP contribution in [0.5, 0.6) is 5.75 Å². The lowest BCUT2D eigenvalue weighted by Gasteiger charge is -2.33. The topological polar surface area (TPSA) is 113 Å². The van der Waals surface area contributed by atoms with Crippen molar-refractivity contribution in [3.05, 3.63) is 89.5 Å². The van der Waals surface area contributed by atoms with E-state index in [1.807, 2.05) is 44.2 Å². The van der Waals surface area contributed by atoms with E-state index in [9.17, 15) is 24.9 Å². The molecule has 4 rings (SSSR count). The van der Waals surface area contributed by atoms with E-state index in [2.05, 4.69) is 5.32 Å². The zero-order valence-electron chi connectivity index (χ0n) is 20.2. The van der Waals surface area contributed by atoms with E-state index in [0.29, 0.717) is 30.8 Å². The number of anilines is 1. The second-order valence-electron chi connectivity index (χ2n) is 9.13. The third-order valence-electron chi connectivity index (χ3n) is 6.37. The highest BCUT2D eigenvalue weighted by Crippen LogP contribution is 2.20. The van der Waals surface area contributed by atoms with Gasteiger partial charge in [-0.2, -0.15) is 0 Å². The molecule has 3 amide bonds. The van der Waals surface area contributed by atoms with Gasteiger partial charge in [-0.25, -0.2) is 4.79 Å². The second-order valence-corrected chi connectivity index (χ2v) is 9.13. The number of fused-ring (bicyclic) bond motifs is 1. The van der Waals surface area contributed by atoms with Gasteiger partial charge in [-0.05, 0) is 47.4 Å². The number of aromatic hydroxyl groups is 1. The summed E-state index contributed by atoms with van der Waals surface area (Å²) in [5, 5.41) is 33.9. The number of hydrogen-bond acceptors (Lipinski definition) is 5. The molecule has 9 heteroatoms. The van der Waals surface area contributed by atoms with Gasteiger partial charge in [0.15, 0.2) is 6.10 Å².